The lowest BCUT2D eigenvalue weighted by Crippen LogP contribution is -2.57. The minimum Gasteiger partial charge on any atom is -0.347 e. The monoisotopic (exact) mass is 517 g/mol. The molecule has 0 aliphatic carbocycles. The van der Waals surface area contributed by atoms with Crippen molar-refractivity contribution >= 4 is 6.03 Å². The summed E-state index contributed by atoms with van der Waals surface area (Å²) in [4.78, 5) is 23.9. The molecule has 39 heavy (non-hydrogen) atoms. The van der Waals surface area contributed by atoms with E-state index in [0.717, 1.165) is 30.5 Å². The van der Waals surface area contributed by atoms with Crippen LogP contribution in [0.3, 0.4) is 0 Å². The van der Waals surface area contributed by atoms with E-state index >= 15 is 0 Å². The Morgan fingerprint density at radius 1 is 1.05 bits per heavy atom. The van der Waals surface area contributed by atoms with Crippen LogP contribution >= 0.6 is 0 Å². The molecule has 1 aliphatic heterocycles. The number of amides is 2. The number of aromatic nitrogens is 2. The van der Waals surface area contributed by atoms with Crippen LogP contribution in [0.25, 0.3) is 0 Å². The molecular formula is C33H35N5O. The van der Waals surface area contributed by atoms with Crippen molar-refractivity contribution in [2.45, 2.75) is 56.5 Å². The molecule has 4 aromatic rings. The van der Waals surface area contributed by atoms with Crippen LogP contribution in [0.2, 0.25) is 0 Å². The summed E-state index contributed by atoms with van der Waals surface area (Å²) in [6.07, 6.45) is 7.75. The van der Waals surface area contributed by atoms with Gasteiger partial charge in [-0.1, -0.05) is 79.7 Å². The van der Waals surface area contributed by atoms with E-state index in [-0.39, 0.29) is 18.0 Å². The molecule has 2 unspecified atom stereocenters. The second-order valence-electron chi connectivity index (χ2n) is 10.4. The maximum Gasteiger partial charge on any atom is 0.318 e. The van der Waals surface area contributed by atoms with Gasteiger partial charge in [0.25, 0.3) is 0 Å². The Hall–Kier alpha value is -4.37. The quantitative estimate of drug-likeness (QED) is 0.279. The molecule has 2 amide bonds. The fourth-order valence-corrected chi connectivity index (χ4v) is 5.96. The first-order valence-electron chi connectivity index (χ1n) is 13.8. The van der Waals surface area contributed by atoms with Crippen molar-refractivity contribution in [3.63, 3.8) is 0 Å². The average molecular weight is 518 g/mol. The molecule has 1 saturated heterocycles. The molecule has 2 N–H and O–H groups in total. The number of carbonyl (C=O) groups is 1. The van der Waals surface area contributed by atoms with Crippen molar-refractivity contribution in [3.05, 3.63) is 125 Å². The average Bonchev–Trinajstić information content (AvgIpc) is 3.55. The lowest BCUT2D eigenvalue weighted by atomic mass is 9.80. The molecule has 3 aromatic carbocycles. The van der Waals surface area contributed by atoms with E-state index in [1.165, 1.54) is 11.1 Å². The van der Waals surface area contributed by atoms with Gasteiger partial charge in [0.1, 0.15) is 0 Å². The van der Waals surface area contributed by atoms with Gasteiger partial charge in [0.2, 0.25) is 0 Å². The van der Waals surface area contributed by atoms with Gasteiger partial charge >= 0.3 is 6.03 Å². The number of piperidine rings is 1. The third-order valence-corrected chi connectivity index (χ3v) is 8.06. The van der Waals surface area contributed by atoms with Gasteiger partial charge in [-0.2, -0.15) is 5.26 Å². The number of aromatic amines is 1. The van der Waals surface area contributed by atoms with Gasteiger partial charge < -0.3 is 15.2 Å². The second kappa shape index (κ2) is 12.0. The fourth-order valence-electron chi connectivity index (χ4n) is 5.96. The highest BCUT2D eigenvalue weighted by molar-refractivity contribution is 5.76. The first kappa shape index (κ1) is 26.2. The molecule has 2 heterocycles. The summed E-state index contributed by atoms with van der Waals surface area (Å²) in [5.74, 6) is 0.0835. The Bertz CT molecular complexity index is 1340. The first-order chi connectivity index (χ1) is 19.1. The van der Waals surface area contributed by atoms with Crippen molar-refractivity contribution in [2.24, 2.45) is 0 Å². The van der Waals surface area contributed by atoms with Gasteiger partial charge in [0.15, 0.2) is 0 Å². The summed E-state index contributed by atoms with van der Waals surface area (Å²) in [7, 11) is 0. The zero-order valence-electron chi connectivity index (χ0n) is 22.4. The molecule has 1 aromatic heterocycles. The van der Waals surface area contributed by atoms with E-state index in [2.05, 4.69) is 81.7 Å². The van der Waals surface area contributed by atoms with E-state index in [4.69, 9.17) is 0 Å². The van der Waals surface area contributed by atoms with Crippen LogP contribution in [0.5, 0.6) is 0 Å². The summed E-state index contributed by atoms with van der Waals surface area (Å²) < 4.78 is 0. The molecular weight excluding hydrogens is 482 g/mol. The predicted octanol–water partition coefficient (Wildman–Crippen LogP) is 6.53. The number of imidazole rings is 1. The minimum absolute atomic E-state index is 0.0368. The molecule has 5 rings (SSSR count). The van der Waals surface area contributed by atoms with Crippen molar-refractivity contribution in [1.29, 1.82) is 5.26 Å². The van der Waals surface area contributed by atoms with Gasteiger partial charge in [0.05, 0.1) is 35.4 Å². The highest BCUT2D eigenvalue weighted by Crippen LogP contribution is 2.37. The van der Waals surface area contributed by atoms with Crippen LogP contribution in [0.15, 0.2) is 97.5 Å². The summed E-state index contributed by atoms with van der Waals surface area (Å²) in [6.45, 7) is 2.81. The normalized spacial score (nSPS) is 16.8. The smallest absolute Gasteiger partial charge is 0.318 e. The number of H-pyrrole nitrogens is 1. The van der Waals surface area contributed by atoms with E-state index in [0.29, 0.717) is 24.9 Å². The topological polar surface area (TPSA) is 84.8 Å². The summed E-state index contributed by atoms with van der Waals surface area (Å²) >= 11 is 0. The highest BCUT2D eigenvalue weighted by Gasteiger charge is 2.40. The van der Waals surface area contributed by atoms with Gasteiger partial charge in [-0.25, -0.2) is 9.78 Å². The number of urea groups is 1. The first-order valence-corrected chi connectivity index (χ1v) is 13.8. The van der Waals surface area contributed by atoms with Crippen LogP contribution < -0.4 is 5.32 Å². The summed E-state index contributed by atoms with van der Waals surface area (Å²) in [5, 5.41) is 12.7. The third kappa shape index (κ3) is 5.73. The van der Waals surface area contributed by atoms with Crippen LogP contribution in [0.1, 0.15) is 66.5 Å². The van der Waals surface area contributed by atoms with Crippen molar-refractivity contribution in [1.82, 2.24) is 20.2 Å². The Morgan fingerprint density at radius 3 is 2.28 bits per heavy atom. The van der Waals surface area contributed by atoms with E-state index in [1.807, 2.05) is 36.4 Å². The molecule has 198 valence electrons. The van der Waals surface area contributed by atoms with Crippen LogP contribution in [-0.2, 0) is 12.0 Å². The number of benzene rings is 3. The fraction of sp³-hybridized carbons (Fsp3) is 0.303. The van der Waals surface area contributed by atoms with Gasteiger partial charge in [0, 0.05) is 24.9 Å². The van der Waals surface area contributed by atoms with Gasteiger partial charge in [-0.15, -0.1) is 0 Å². The molecule has 6 nitrogen and oxygen atoms in total. The molecule has 6 heteroatoms. The zero-order chi connectivity index (χ0) is 27.1. The molecule has 1 aliphatic rings. The lowest BCUT2D eigenvalue weighted by Gasteiger charge is -2.43. The second-order valence-corrected chi connectivity index (χ2v) is 10.4. The SMILES string of the molecule is CCC(Cc1ccc(C#N)cc1)(NC(=O)N1CCCCC1C(c1ccccc1)c1ccccc1)c1cnc[nH]1. The number of nitrogens with zero attached hydrogens (tertiary/aromatic N) is 3. The molecule has 0 radical (unpaired) electrons. The molecule has 0 saturated carbocycles. The lowest BCUT2D eigenvalue weighted by molar-refractivity contribution is 0.130. The number of rotatable bonds is 8. The van der Waals surface area contributed by atoms with Gasteiger partial charge in [-0.05, 0) is 54.5 Å². The molecule has 0 spiro atoms. The Morgan fingerprint density at radius 2 is 1.72 bits per heavy atom. The number of likely N-dealkylation sites (tertiary alicyclic amines) is 1. The van der Waals surface area contributed by atoms with E-state index in [1.54, 1.807) is 12.5 Å². The molecule has 1 fully saturated rings. The number of hydrogen-bond donors (Lipinski definition) is 2. The third-order valence-electron chi connectivity index (χ3n) is 8.06. The summed E-state index contributed by atoms with van der Waals surface area (Å²) in [6, 6.07) is 30.9. The molecule has 2 atom stereocenters. The number of carbonyl (C=O) groups excluding carboxylic acids is 1. The Balaban J connectivity index is 1.48. The highest BCUT2D eigenvalue weighted by atomic mass is 16.2. The van der Waals surface area contributed by atoms with Gasteiger partial charge in [-0.3, -0.25) is 0 Å². The van der Waals surface area contributed by atoms with Crippen LogP contribution in [0, 0.1) is 11.3 Å². The number of nitrogens with one attached hydrogen (secondary N) is 2. The van der Waals surface area contributed by atoms with Crippen LogP contribution in [-0.4, -0.2) is 33.5 Å². The largest absolute Gasteiger partial charge is 0.347 e. The molecule has 0 bridgehead atoms. The van der Waals surface area contributed by atoms with E-state index in [9.17, 15) is 10.1 Å². The Labute approximate surface area is 230 Å². The van der Waals surface area contributed by atoms with E-state index < -0.39 is 5.54 Å². The zero-order valence-corrected chi connectivity index (χ0v) is 22.4. The summed E-state index contributed by atoms with van der Waals surface area (Å²) in [5.41, 5.74) is 4.32. The standard InChI is InChI=1S/C33H35N5O/c1-2-33(30-23-35-24-36-30,21-25-16-18-26(22-34)19-17-25)37-32(39)38-20-10-9-15-29(38)31(27-11-5-3-6-12-27)28-13-7-4-8-14-28/h3-8,11-14,16-19,23-24,29,31H,2,9-10,15,20-21H2,1H3,(H,35,36)(H,37,39). The Kier molecular flexibility index (Phi) is 8.07. The van der Waals surface area contributed by atoms with Crippen molar-refractivity contribution in [2.75, 3.05) is 6.54 Å². The number of nitriles is 1. The maximum atomic E-state index is 14.3. The van der Waals surface area contributed by atoms with Crippen molar-refractivity contribution in [3.8, 4) is 6.07 Å². The maximum absolute atomic E-state index is 14.3. The van der Waals surface area contributed by atoms with Crippen LogP contribution in [0.4, 0.5) is 4.79 Å². The predicted molar refractivity (Wildman–Crippen MR) is 153 cm³/mol. The van der Waals surface area contributed by atoms with Crippen molar-refractivity contribution < 1.29 is 4.79 Å². The minimum atomic E-state index is -0.668. The number of hydrogen-bond acceptors (Lipinski definition) is 3.